The Labute approximate surface area is 137 Å². The standard InChI is InChI=1S/C15H16N4O5/c1-10(15(21)24-2)11-3-5-12(6-4-11)17-14(20)9-18-8-13(7-16-18)19(22)23/h3-8,10H,9H2,1-2H3,(H,17,20)/t10-/m1/s1. The lowest BCUT2D eigenvalue weighted by Gasteiger charge is -2.10. The zero-order valence-corrected chi connectivity index (χ0v) is 13.1. The fourth-order valence-corrected chi connectivity index (χ4v) is 2.05. The molecule has 2 rings (SSSR count). The smallest absolute Gasteiger partial charge is 0.312 e. The largest absolute Gasteiger partial charge is 0.469 e. The summed E-state index contributed by atoms with van der Waals surface area (Å²) in [7, 11) is 1.33. The minimum absolute atomic E-state index is 0.145. The van der Waals surface area contributed by atoms with E-state index in [9.17, 15) is 19.7 Å². The molecule has 9 nitrogen and oxygen atoms in total. The maximum Gasteiger partial charge on any atom is 0.312 e. The van der Waals surface area contributed by atoms with E-state index in [2.05, 4.69) is 15.2 Å². The number of carbonyl (C=O) groups is 2. The van der Waals surface area contributed by atoms with Gasteiger partial charge in [-0.25, -0.2) is 0 Å². The van der Waals surface area contributed by atoms with E-state index in [1.807, 2.05) is 0 Å². The first-order valence-electron chi connectivity index (χ1n) is 7.05. The summed E-state index contributed by atoms with van der Waals surface area (Å²) in [6.45, 7) is 1.58. The third-order valence-corrected chi connectivity index (χ3v) is 3.39. The highest BCUT2D eigenvalue weighted by Gasteiger charge is 2.15. The number of aromatic nitrogens is 2. The Morgan fingerprint density at radius 1 is 1.38 bits per heavy atom. The van der Waals surface area contributed by atoms with Crippen molar-refractivity contribution in [3.05, 3.63) is 52.3 Å². The van der Waals surface area contributed by atoms with Crippen molar-refractivity contribution in [2.75, 3.05) is 12.4 Å². The van der Waals surface area contributed by atoms with Gasteiger partial charge in [0.05, 0.1) is 18.0 Å². The zero-order chi connectivity index (χ0) is 17.7. The van der Waals surface area contributed by atoms with Gasteiger partial charge in [-0.2, -0.15) is 5.10 Å². The van der Waals surface area contributed by atoms with E-state index in [-0.39, 0.29) is 24.1 Å². The van der Waals surface area contributed by atoms with Crippen LogP contribution in [0.4, 0.5) is 11.4 Å². The van der Waals surface area contributed by atoms with Gasteiger partial charge < -0.3 is 10.1 Å². The van der Waals surface area contributed by atoms with Gasteiger partial charge in [0.15, 0.2) is 0 Å². The van der Waals surface area contributed by atoms with Gasteiger partial charge in [-0.1, -0.05) is 12.1 Å². The fraction of sp³-hybridized carbons (Fsp3) is 0.267. The molecule has 1 N–H and O–H groups in total. The zero-order valence-electron chi connectivity index (χ0n) is 13.1. The molecule has 1 heterocycles. The van der Waals surface area contributed by atoms with Crippen molar-refractivity contribution in [3.63, 3.8) is 0 Å². The number of nitro groups is 1. The van der Waals surface area contributed by atoms with Crippen LogP contribution in [0.15, 0.2) is 36.7 Å². The summed E-state index contributed by atoms with van der Waals surface area (Å²) in [5.41, 5.74) is 1.13. The number of methoxy groups -OCH3 is 1. The minimum Gasteiger partial charge on any atom is -0.469 e. The number of anilines is 1. The van der Waals surface area contributed by atoms with Crippen LogP contribution < -0.4 is 5.32 Å². The van der Waals surface area contributed by atoms with E-state index >= 15 is 0 Å². The second-order valence-corrected chi connectivity index (χ2v) is 5.07. The molecule has 9 heteroatoms. The first-order chi connectivity index (χ1) is 11.4. The van der Waals surface area contributed by atoms with Crippen molar-refractivity contribution in [1.29, 1.82) is 0 Å². The van der Waals surface area contributed by atoms with Crippen LogP contribution in [0.25, 0.3) is 0 Å². The molecule has 0 aliphatic carbocycles. The van der Waals surface area contributed by atoms with Crippen LogP contribution in [0.2, 0.25) is 0 Å². The minimum atomic E-state index is -0.581. The molecule has 0 aliphatic rings. The van der Waals surface area contributed by atoms with Crippen LogP contribution in [-0.2, 0) is 20.9 Å². The van der Waals surface area contributed by atoms with Crippen molar-refractivity contribution < 1.29 is 19.2 Å². The topological polar surface area (TPSA) is 116 Å². The molecule has 1 atom stereocenters. The van der Waals surface area contributed by atoms with Crippen LogP contribution in [-0.4, -0.2) is 33.7 Å². The molecule has 0 radical (unpaired) electrons. The second-order valence-electron chi connectivity index (χ2n) is 5.07. The van der Waals surface area contributed by atoms with Crippen LogP contribution in [0.5, 0.6) is 0 Å². The van der Waals surface area contributed by atoms with Crippen LogP contribution >= 0.6 is 0 Å². The van der Waals surface area contributed by atoms with E-state index in [1.54, 1.807) is 31.2 Å². The Hall–Kier alpha value is -3.23. The number of rotatable bonds is 6. The van der Waals surface area contributed by atoms with Crippen molar-refractivity contribution in [1.82, 2.24) is 9.78 Å². The predicted octanol–water partition coefficient (Wildman–Crippen LogP) is 1.71. The van der Waals surface area contributed by atoms with E-state index in [0.717, 1.165) is 11.8 Å². The van der Waals surface area contributed by atoms with Crippen LogP contribution in [0.1, 0.15) is 18.4 Å². The fourth-order valence-electron chi connectivity index (χ4n) is 2.05. The lowest BCUT2D eigenvalue weighted by atomic mass is 10.0. The molecule has 2 aromatic rings. The molecule has 0 saturated heterocycles. The van der Waals surface area contributed by atoms with Gasteiger partial charge in [-0.3, -0.25) is 24.4 Å². The molecular formula is C15H16N4O5. The molecule has 0 bridgehead atoms. The summed E-state index contributed by atoms with van der Waals surface area (Å²) in [4.78, 5) is 33.4. The molecule has 1 amide bonds. The van der Waals surface area contributed by atoms with Gasteiger partial charge in [0.25, 0.3) is 0 Å². The summed E-state index contributed by atoms with van der Waals surface area (Å²) < 4.78 is 5.86. The quantitative estimate of drug-likeness (QED) is 0.489. The number of ether oxygens (including phenoxy) is 1. The van der Waals surface area contributed by atoms with Crippen LogP contribution in [0, 0.1) is 10.1 Å². The molecule has 1 aromatic heterocycles. The predicted molar refractivity (Wildman–Crippen MR) is 84.4 cm³/mol. The van der Waals surface area contributed by atoms with Crippen LogP contribution in [0.3, 0.4) is 0 Å². The van der Waals surface area contributed by atoms with Crippen molar-refractivity contribution >= 4 is 23.3 Å². The Morgan fingerprint density at radius 3 is 2.58 bits per heavy atom. The second kappa shape index (κ2) is 7.36. The number of esters is 1. The highest BCUT2D eigenvalue weighted by molar-refractivity contribution is 5.90. The lowest BCUT2D eigenvalue weighted by molar-refractivity contribution is -0.385. The molecule has 0 unspecified atom stereocenters. The molecule has 1 aromatic carbocycles. The number of hydrogen-bond acceptors (Lipinski definition) is 6. The Bertz CT molecular complexity index is 753. The third-order valence-electron chi connectivity index (χ3n) is 3.39. The molecule has 126 valence electrons. The van der Waals surface area contributed by atoms with Gasteiger partial charge in [0, 0.05) is 5.69 Å². The Balaban J connectivity index is 1.96. The summed E-state index contributed by atoms with van der Waals surface area (Å²) >= 11 is 0. The number of nitrogens with one attached hydrogen (secondary N) is 1. The molecular weight excluding hydrogens is 316 g/mol. The van der Waals surface area contributed by atoms with Gasteiger partial charge in [-0.05, 0) is 24.6 Å². The normalized spacial score (nSPS) is 11.6. The number of carbonyl (C=O) groups excluding carboxylic acids is 2. The third kappa shape index (κ3) is 4.15. The highest BCUT2D eigenvalue weighted by Crippen LogP contribution is 2.19. The molecule has 0 aliphatic heterocycles. The molecule has 0 fully saturated rings. The van der Waals surface area contributed by atoms with Crippen molar-refractivity contribution in [3.8, 4) is 0 Å². The summed E-state index contributed by atoms with van der Waals surface area (Å²) in [5, 5.41) is 17.0. The van der Waals surface area contributed by atoms with Crippen molar-refractivity contribution in [2.45, 2.75) is 19.4 Å². The maximum absolute atomic E-state index is 11.9. The number of amides is 1. The summed E-state index contributed by atoms with van der Waals surface area (Å²) in [6.07, 6.45) is 2.26. The Morgan fingerprint density at radius 2 is 2.04 bits per heavy atom. The van der Waals surface area contributed by atoms with Gasteiger partial charge in [0.2, 0.25) is 5.91 Å². The van der Waals surface area contributed by atoms with Crippen molar-refractivity contribution in [2.24, 2.45) is 0 Å². The maximum atomic E-state index is 11.9. The molecule has 0 saturated carbocycles. The average Bonchev–Trinajstić information content (AvgIpc) is 3.02. The summed E-state index contributed by atoms with van der Waals surface area (Å²) in [6, 6.07) is 6.77. The monoisotopic (exact) mass is 332 g/mol. The molecule has 0 spiro atoms. The number of hydrogen-bond donors (Lipinski definition) is 1. The number of benzene rings is 1. The molecule has 24 heavy (non-hydrogen) atoms. The van der Waals surface area contributed by atoms with E-state index in [1.165, 1.54) is 18.0 Å². The van der Waals surface area contributed by atoms with E-state index in [0.29, 0.717) is 5.69 Å². The lowest BCUT2D eigenvalue weighted by Crippen LogP contribution is -2.19. The Kier molecular flexibility index (Phi) is 5.25. The first-order valence-corrected chi connectivity index (χ1v) is 7.05. The van der Waals surface area contributed by atoms with E-state index in [4.69, 9.17) is 0 Å². The first kappa shape index (κ1) is 17.1. The highest BCUT2D eigenvalue weighted by atomic mass is 16.6. The average molecular weight is 332 g/mol. The van der Waals surface area contributed by atoms with Gasteiger partial charge in [0.1, 0.15) is 18.9 Å². The summed E-state index contributed by atoms with van der Waals surface area (Å²) in [5.74, 6) is -1.11. The van der Waals surface area contributed by atoms with Gasteiger partial charge in [-0.15, -0.1) is 0 Å². The van der Waals surface area contributed by atoms with E-state index < -0.39 is 10.8 Å². The SMILES string of the molecule is COC(=O)[C@H](C)c1ccc(NC(=O)Cn2cc([N+](=O)[O-])cn2)cc1. The van der Waals surface area contributed by atoms with Gasteiger partial charge >= 0.3 is 11.7 Å². The number of nitrogens with zero attached hydrogens (tertiary/aromatic N) is 3.